The van der Waals surface area contributed by atoms with Gasteiger partial charge in [-0.1, -0.05) is 0 Å². The normalized spacial score (nSPS) is 16.7. The summed E-state index contributed by atoms with van der Waals surface area (Å²) in [6.45, 7) is 0.777. The van der Waals surface area contributed by atoms with Crippen molar-refractivity contribution in [1.29, 1.82) is 0 Å². The van der Waals surface area contributed by atoms with Crippen LogP contribution in [0.2, 0.25) is 0 Å². The quantitative estimate of drug-likeness (QED) is 0.492. The summed E-state index contributed by atoms with van der Waals surface area (Å²) in [6.07, 6.45) is 7.29. The summed E-state index contributed by atoms with van der Waals surface area (Å²) in [5, 5.41) is 0. The van der Waals surface area contributed by atoms with Gasteiger partial charge in [-0.05, 0) is 6.08 Å². The molecule has 0 radical (unpaired) electrons. The molecule has 0 aliphatic carbocycles. The number of hydrogen-bond acceptors (Lipinski definition) is 3. The Balaban J connectivity index is 2.48. The first kappa shape index (κ1) is 5.88. The van der Waals surface area contributed by atoms with E-state index >= 15 is 0 Å². The maximum Gasteiger partial charge on any atom is 0.160 e. The predicted molar refractivity (Wildman–Crippen MR) is 45.0 cm³/mol. The zero-order chi connectivity index (χ0) is 7.97. The van der Waals surface area contributed by atoms with Crippen molar-refractivity contribution in [2.24, 2.45) is 9.98 Å². The third kappa shape index (κ3) is 0.592. The van der Waals surface area contributed by atoms with Gasteiger partial charge in [-0.2, -0.15) is 0 Å². The first-order valence-electron chi connectivity index (χ1n) is 3.78. The minimum atomic E-state index is 0.777. The summed E-state index contributed by atoms with van der Waals surface area (Å²) in [6, 6.07) is 0. The topological polar surface area (TPSA) is 42.5 Å². The fourth-order valence-electron chi connectivity index (χ4n) is 1.43. The molecule has 0 fully saturated rings. The van der Waals surface area contributed by atoms with Gasteiger partial charge in [0.25, 0.3) is 0 Å². The molecule has 0 bridgehead atoms. The van der Waals surface area contributed by atoms with Gasteiger partial charge in [-0.15, -0.1) is 0 Å². The lowest BCUT2D eigenvalue weighted by atomic mass is 10.5. The van der Waals surface area contributed by atoms with Gasteiger partial charge < -0.3 is 4.57 Å². The van der Waals surface area contributed by atoms with Gasteiger partial charge in [0.15, 0.2) is 11.0 Å². The highest BCUT2D eigenvalue weighted by Crippen LogP contribution is 1.96. The van der Waals surface area contributed by atoms with E-state index in [1.54, 1.807) is 12.4 Å². The van der Waals surface area contributed by atoms with E-state index in [4.69, 9.17) is 0 Å². The second-order valence-corrected chi connectivity index (χ2v) is 2.70. The van der Waals surface area contributed by atoms with E-state index in [0.717, 1.165) is 23.2 Å². The fraction of sp³-hybridized carbons (Fsp3) is 0.125. The monoisotopic (exact) mass is 158 g/mol. The van der Waals surface area contributed by atoms with Crippen molar-refractivity contribution in [3.05, 3.63) is 22.9 Å². The van der Waals surface area contributed by atoms with E-state index in [0.29, 0.717) is 0 Å². The SMILES string of the molecule is C1=Cc2nc3n(c2=N1)CC=NC=3. The molecule has 0 saturated heterocycles. The van der Waals surface area contributed by atoms with Crippen molar-refractivity contribution < 1.29 is 0 Å². The minimum Gasteiger partial charge on any atom is -0.302 e. The van der Waals surface area contributed by atoms with Gasteiger partial charge in [0, 0.05) is 12.4 Å². The Morgan fingerprint density at radius 3 is 3.42 bits per heavy atom. The van der Waals surface area contributed by atoms with E-state index in [1.807, 2.05) is 16.9 Å². The summed E-state index contributed by atoms with van der Waals surface area (Å²) in [7, 11) is 0. The molecule has 4 heteroatoms. The van der Waals surface area contributed by atoms with Crippen molar-refractivity contribution in [3.8, 4) is 0 Å². The lowest BCUT2D eigenvalue weighted by Crippen LogP contribution is -2.29. The molecule has 0 saturated carbocycles. The summed E-state index contributed by atoms with van der Waals surface area (Å²) >= 11 is 0. The molecular formula is C8H6N4. The van der Waals surface area contributed by atoms with E-state index in [9.17, 15) is 0 Å². The lowest BCUT2D eigenvalue weighted by Gasteiger charge is -1.99. The first-order valence-corrected chi connectivity index (χ1v) is 3.78. The summed E-state index contributed by atoms with van der Waals surface area (Å²) < 4.78 is 2.04. The van der Waals surface area contributed by atoms with Gasteiger partial charge in [-0.25, -0.2) is 9.98 Å². The van der Waals surface area contributed by atoms with E-state index in [2.05, 4.69) is 15.0 Å². The second-order valence-electron chi connectivity index (χ2n) is 2.70. The average Bonchev–Trinajstić information content (AvgIpc) is 2.62. The van der Waals surface area contributed by atoms with Crippen LogP contribution in [0.5, 0.6) is 0 Å². The Morgan fingerprint density at radius 1 is 1.42 bits per heavy atom. The van der Waals surface area contributed by atoms with Crippen LogP contribution in [-0.4, -0.2) is 15.8 Å². The molecule has 58 valence electrons. The van der Waals surface area contributed by atoms with Crippen LogP contribution in [0.3, 0.4) is 0 Å². The van der Waals surface area contributed by atoms with Gasteiger partial charge in [0.1, 0.15) is 5.69 Å². The van der Waals surface area contributed by atoms with Crippen molar-refractivity contribution in [3.63, 3.8) is 0 Å². The summed E-state index contributed by atoms with van der Waals surface area (Å²) in [5.41, 5.74) is 2.80. The largest absolute Gasteiger partial charge is 0.302 e. The van der Waals surface area contributed by atoms with Crippen molar-refractivity contribution >= 4 is 18.5 Å². The highest BCUT2D eigenvalue weighted by Gasteiger charge is 2.09. The lowest BCUT2D eigenvalue weighted by molar-refractivity contribution is 0.771. The van der Waals surface area contributed by atoms with Crippen LogP contribution >= 0.6 is 0 Å². The highest BCUT2D eigenvalue weighted by molar-refractivity contribution is 5.63. The zero-order valence-corrected chi connectivity index (χ0v) is 6.31. The van der Waals surface area contributed by atoms with Gasteiger partial charge in [-0.3, -0.25) is 4.99 Å². The van der Waals surface area contributed by atoms with Gasteiger partial charge in [0.2, 0.25) is 0 Å². The number of aliphatic imine (C=N–C) groups is 1. The maximum atomic E-state index is 4.34. The minimum absolute atomic E-state index is 0.777. The number of imidazole rings is 1. The van der Waals surface area contributed by atoms with Crippen LogP contribution in [0.25, 0.3) is 12.3 Å². The number of rotatable bonds is 0. The molecular weight excluding hydrogens is 152 g/mol. The van der Waals surface area contributed by atoms with Gasteiger partial charge in [0.05, 0.1) is 12.7 Å². The first-order chi connectivity index (χ1) is 5.95. The molecule has 1 aromatic rings. The predicted octanol–water partition coefficient (Wildman–Crippen LogP) is -0.691. The molecule has 2 aliphatic rings. The molecule has 0 unspecified atom stereocenters. The Labute approximate surface area is 68.3 Å². The van der Waals surface area contributed by atoms with Crippen LogP contribution in [0, 0.1) is 0 Å². The number of nitrogens with zero attached hydrogens (tertiary/aromatic N) is 4. The van der Waals surface area contributed by atoms with E-state index < -0.39 is 0 Å². The Morgan fingerprint density at radius 2 is 2.42 bits per heavy atom. The van der Waals surface area contributed by atoms with Crippen molar-refractivity contribution in [1.82, 2.24) is 9.55 Å². The summed E-state index contributed by atoms with van der Waals surface area (Å²) in [4.78, 5) is 12.6. The zero-order valence-electron chi connectivity index (χ0n) is 6.31. The number of hydrogen-bond donors (Lipinski definition) is 0. The van der Waals surface area contributed by atoms with Gasteiger partial charge >= 0.3 is 0 Å². The van der Waals surface area contributed by atoms with Crippen molar-refractivity contribution in [2.75, 3.05) is 0 Å². The molecule has 0 amide bonds. The Kier molecular flexibility index (Phi) is 0.935. The molecule has 1 aromatic heterocycles. The molecule has 0 spiro atoms. The molecule has 4 nitrogen and oxygen atoms in total. The number of aromatic nitrogens is 2. The van der Waals surface area contributed by atoms with Crippen LogP contribution in [-0.2, 0) is 6.54 Å². The third-order valence-corrected chi connectivity index (χ3v) is 1.99. The molecule has 0 N–H and O–H groups in total. The molecule has 3 heterocycles. The van der Waals surface area contributed by atoms with E-state index in [1.165, 1.54) is 0 Å². The molecule has 0 aromatic carbocycles. The fourth-order valence-corrected chi connectivity index (χ4v) is 1.43. The van der Waals surface area contributed by atoms with Crippen molar-refractivity contribution in [2.45, 2.75) is 6.54 Å². The Hall–Kier alpha value is -1.71. The molecule has 12 heavy (non-hydrogen) atoms. The standard InChI is InChI=1S/C8H6N4/c1-2-10-8-6(1)11-7-5-9-3-4-12(7)8/h1-3,5H,4H2. The molecule has 0 atom stereocenters. The smallest absolute Gasteiger partial charge is 0.160 e. The van der Waals surface area contributed by atoms with Crippen LogP contribution in [0.1, 0.15) is 5.69 Å². The molecule has 2 aliphatic heterocycles. The Bertz CT molecular complexity index is 504. The van der Waals surface area contributed by atoms with E-state index in [-0.39, 0.29) is 0 Å². The molecule has 3 rings (SSSR count). The second kappa shape index (κ2) is 1.91. The third-order valence-electron chi connectivity index (χ3n) is 1.99. The average molecular weight is 158 g/mol. The number of fused-ring (bicyclic) bond motifs is 3. The maximum absolute atomic E-state index is 4.34. The summed E-state index contributed by atoms with van der Waals surface area (Å²) in [5.74, 6) is 0. The van der Waals surface area contributed by atoms with Crippen LogP contribution in [0.4, 0.5) is 0 Å². The van der Waals surface area contributed by atoms with Crippen LogP contribution in [0.15, 0.2) is 16.2 Å². The van der Waals surface area contributed by atoms with Crippen LogP contribution < -0.4 is 11.0 Å². The highest BCUT2D eigenvalue weighted by atomic mass is 15.1.